The Balaban J connectivity index is 2.67. The van der Waals surface area contributed by atoms with Gasteiger partial charge in [0.05, 0.1) is 6.61 Å². The topological polar surface area (TPSA) is 56.3 Å². The molecule has 1 rings (SSSR count). The number of hydrogen-bond acceptors (Lipinski definition) is 5. The predicted molar refractivity (Wildman–Crippen MR) is 67.5 cm³/mol. The maximum absolute atomic E-state index is 5.64. The van der Waals surface area contributed by atoms with Gasteiger partial charge in [-0.15, -0.1) is 0 Å². The number of methoxy groups -OCH3 is 1. The third-order valence-corrected chi connectivity index (χ3v) is 2.09. The Bertz CT molecular complexity index is 345. The van der Waals surface area contributed by atoms with Crippen molar-refractivity contribution in [3.8, 4) is 5.88 Å². The average molecular weight is 239 g/mol. The largest absolute Gasteiger partial charge is 0.472 e. The van der Waals surface area contributed by atoms with Crippen LogP contribution in [-0.4, -0.2) is 36.3 Å². The highest BCUT2D eigenvalue weighted by Crippen LogP contribution is 2.14. The van der Waals surface area contributed by atoms with Crippen LogP contribution in [0.25, 0.3) is 0 Å². The summed E-state index contributed by atoms with van der Waals surface area (Å²) >= 11 is 0. The molecule has 1 aromatic heterocycles. The quantitative estimate of drug-likeness (QED) is 0.789. The molecule has 1 unspecified atom stereocenters. The van der Waals surface area contributed by atoms with Gasteiger partial charge < -0.3 is 14.8 Å². The Hall–Kier alpha value is -1.36. The van der Waals surface area contributed by atoms with Gasteiger partial charge in [0.1, 0.15) is 17.7 Å². The van der Waals surface area contributed by atoms with Gasteiger partial charge in [-0.1, -0.05) is 6.92 Å². The third kappa shape index (κ3) is 4.99. The lowest BCUT2D eigenvalue weighted by Gasteiger charge is -2.14. The van der Waals surface area contributed by atoms with Crippen LogP contribution in [0.1, 0.15) is 26.1 Å². The summed E-state index contributed by atoms with van der Waals surface area (Å²) in [4.78, 5) is 8.53. The van der Waals surface area contributed by atoms with Gasteiger partial charge >= 0.3 is 0 Å². The zero-order chi connectivity index (χ0) is 12.7. The normalized spacial score (nSPS) is 12.2. The highest BCUT2D eigenvalue weighted by atomic mass is 16.5. The Morgan fingerprint density at radius 1 is 1.41 bits per heavy atom. The molecule has 1 heterocycles. The molecule has 0 aliphatic rings. The van der Waals surface area contributed by atoms with Crippen LogP contribution < -0.4 is 10.1 Å². The molecule has 0 aromatic carbocycles. The van der Waals surface area contributed by atoms with Crippen molar-refractivity contribution in [3.63, 3.8) is 0 Å². The lowest BCUT2D eigenvalue weighted by Crippen LogP contribution is -2.19. The smallest absolute Gasteiger partial charge is 0.219 e. The Morgan fingerprint density at radius 3 is 2.82 bits per heavy atom. The molecule has 0 saturated heterocycles. The third-order valence-electron chi connectivity index (χ3n) is 2.09. The SMILES string of the molecule is CCCNc1cc(OC(C)COC)nc(C)n1. The molecule has 0 spiro atoms. The van der Waals surface area contributed by atoms with Gasteiger partial charge in [0, 0.05) is 19.7 Å². The first-order valence-electron chi connectivity index (χ1n) is 5.90. The Morgan fingerprint density at radius 2 is 2.18 bits per heavy atom. The molecular formula is C12H21N3O2. The van der Waals surface area contributed by atoms with E-state index in [4.69, 9.17) is 9.47 Å². The van der Waals surface area contributed by atoms with E-state index in [-0.39, 0.29) is 6.10 Å². The number of rotatable bonds is 7. The van der Waals surface area contributed by atoms with Gasteiger partial charge in [-0.25, -0.2) is 4.98 Å². The van der Waals surface area contributed by atoms with E-state index >= 15 is 0 Å². The number of ether oxygens (including phenoxy) is 2. The summed E-state index contributed by atoms with van der Waals surface area (Å²) in [5.74, 6) is 2.09. The van der Waals surface area contributed by atoms with Crippen molar-refractivity contribution in [1.29, 1.82) is 0 Å². The second-order valence-electron chi connectivity index (χ2n) is 3.95. The highest BCUT2D eigenvalue weighted by Gasteiger charge is 2.07. The zero-order valence-electron chi connectivity index (χ0n) is 11.0. The molecule has 0 fully saturated rings. The van der Waals surface area contributed by atoms with E-state index in [2.05, 4.69) is 22.2 Å². The van der Waals surface area contributed by atoms with E-state index in [1.54, 1.807) is 7.11 Å². The monoisotopic (exact) mass is 239 g/mol. The summed E-state index contributed by atoms with van der Waals surface area (Å²) < 4.78 is 10.7. The summed E-state index contributed by atoms with van der Waals surface area (Å²) in [6, 6.07) is 1.81. The molecule has 5 nitrogen and oxygen atoms in total. The first-order chi connectivity index (χ1) is 8.15. The number of aromatic nitrogens is 2. The van der Waals surface area contributed by atoms with E-state index in [0.29, 0.717) is 18.3 Å². The van der Waals surface area contributed by atoms with Crippen molar-refractivity contribution in [3.05, 3.63) is 11.9 Å². The number of nitrogens with zero attached hydrogens (tertiary/aromatic N) is 2. The average Bonchev–Trinajstić information content (AvgIpc) is 2.25. The fourth-order valence-corrected chi connectivity index (χ4v) is 1.42. The molecule has 0 saturated carbocycles. The van der Waals surface area contributed by atoms with Crippen LogP contribution in [0.5, 0.6) is 5.88 Å². The van der Waals surface area contributed by atoms with Gasteiger partial charge in [0.15, 0.2) is 0 Å². The maximum atomic E-state index is 5.64. The lowest BCUT2D eigenvalue weighted by molar-refractivity contribution is 0.0888. The second-order valence-corrected chi connectivity index (χ2v) is 3.95. The van der Waals surface area contributed by atoms with Crippen molar-refractivity contribution in [2.24, 2.45) is 0 Å². The van der Waals surface area contributed by atoms with Crippen LogP contribution in [-0.2, 0) is 4.74 Å². The molecule has 1 N–H and O–H groups in total. The predicted octanol–water partition coefficient (Wildman–Crippen LogP) is 2.02. The first-order valence-corrected chi connectivity index (χ1v) is 5.90. The molecule has 5 heteroatoms. The molecular weight excluding hydrogens is 218 g/mol. The molecule has 0 bridgehead atoms. The van der Waals surface area contributed by atoms with Crippen molar-refractivity contribution >= 4 is 5.82 Å². The second kappa shape index (κ2) is 7.06. The van der Waals surface area contributed by atoms with E-state index in [9.17, 15) is 0 Å². The summed E-state index contributed by atoms with van der Waals surface area (Å²) in [6.07, 6.45) is 1.03. The number of nitrogens with one attached hydrogen (secondary N) is 1. The number of aryl methyl sites for hydroxylation is 1. The fourth-order valence-electron chi connectivity index (χ4n) is 1.42. The molecule has 1 aromatic rings. The van der Waals surface area contributed by atoms with E-state index in [0.717, 1.165) is 18.8 Å². The zero-order valence-corrected chi connectivity index (χ0v) is 11.0. The fraction of sp³-hybridized carbons (Fsp3) is 0.667. The maximum Gasteiger partial charge on any atom is 0.219 e. The van der Waals surface area contributed by atoms with Gasteiger partial charge in [-0.3, -0.25) is 0 Å². The van der Waals surface area contributed by atoms with E-state index in [1.165, 1.54) is 0 Å². The van der Waals surface area contributed by atoms with Gasteiger partial charge in [-0.2, -0.15) is 4.98 Å². The van der Waals surface area contributed by atoms with Crippen LogP contribution in [0, 0.1) is 6.92 Å². The Labute approximate surface area is 103 Å². The van der Waals surface area contributed by atoms with Crippen LogP contribution in [0.3, 0.4) is 0 Å². The molecule has 0 aliphatic carbocycles. The molecule has 0 aliphatic heterocycles. The molecule has 96 valence electrons. The minimum absolute atomic E-state index is 0.0201. The Kier molecular flexibility index (Phi) is 5.69. The van der Waals surface area contributed by atoms with Gasteiger partial charge in [0.2, 0.25) is 5.88 Å². The van der Waals surface area contributed by atoms with E-state index < -0.39 is 0 Å². The lowest BCUT2D eigenvalue weighted by atomic mass is 10.4. The number of anilines is 1. The highest BCUT2D eigenvalue weighted by molar-refractivity contribution is 5.38. The van der Waals surface area contributed by atoms with Crippen molar-refractivity contribution in [1.82, 2.24) is 9.97 Å². The molecule has 0 amide bonds. The van der Waals surface area contributed by atoms with Crippen LogP contribution in [0.15, 0.2) is 6.07 Å². The van der Waals surface area contributed by atoms with Crippen molar-refractivity contribution in [2.45, 2.75) is 33.3 Å². The molecule has 0 radical (unpaired) electrons. The van der Waals surface area contributed by atoms with Crippen molar-refractivity contribution < 1.29 is 9.47 Å². The van der Waals surface area contributed by atoms with Crippen LogP contribution >= 0.6 is 0 Å². The number of hydrogen-bond donors (Lipinski definition) is 1. The van der Waals surface area contributed by atoms with Gasteiger partial charge in [0.25, 0.3) is 0 Å². The summed E-state index contributed by atoms with van der Waals surface area (Å²) in [5, 5.41) is 3.22. The standard InChI is InChI=1S/C12H21N3O2/c1-5-6-13-11-7-12(15-10(3)14-11)17-9(2)8-16-4/h7,9H,5-6,8H2,1-4H3,(H,13,14,15). The van der Waals surface area contributed by atoms with Crippen molar-refractivity contribution in [2.75, 3.05) is 25.6 Å². The summed E-state index contributed by atoms with van der Waals surface area (Å²) in [6.45, 7) is 7.34. The summed E-state index contributed by atoms with van der Waals surface area (Å²) in [7, 11) is 1.65. The minimum Gasteiger partial charge on any atom is -0.472 e. The van der Waals surface area contributed by atoms with E-state index in [1.807, 2.05) is 19.9 Å². The summed E-state index contributed by atoms with van der Waals surface area (Å²) in [5.41, 5.74) is 0. The molecule has 17 heavy (non-hydrogen) atoms. The molecule has 1 atom stereocenters. The van der Waals surface area contributed by atoms with Crippen LogP contribution in [0.4, 0.5) is 5.82 Å². The van der Waals surface area contributed by atoms with Crippen LogP contribution in [0.2, 0.25) is 0 Å². The van der Waals surface area contributed by atoms with Gasteiger partial charge in [-0.05, 0) is 20.3 Å². The first kappa shape index (κ1) is 13.7. The minimum atomic E-state index is -0.0201.